The van der Waals surface area contributed by atoms with E-state index in [0.717, 1.165) is 5.69 Å². The number of benzene rings is 2. The number of para-hydroxylation sites is 1. The first kappa shape index (κ1) is 15.7. The molecule has 0 atom stereocenters. The van der Waals surface area contributed by atoms with Crippen molar-refractivity contribution in [1.29, 1.82) is 0 Å². The van der Waals surface area contributed by atoms with Crippen molar-refractivity contribution in [3.63, 3.8) is 0 Å². The number of rotatable bonds is 2. The van der Waals surface area contributed by atoms with Crippen LogP contribution >= 0.6 is 0 Å². The van der Waals surface area contributed by atoms with Gasteiger partial charge in [0.1, 0.15) is 0 Å². The van der Waals surface area contributed by atoms with Crippen molar-refractivity contribution in [1.82, 2.24) is 9.78 Å². The van der Waals surface area contributed by atoms with E-state index in [-0.39, 0.29) is 20.1 Å². The Bertz CT molecular complexity index is 723. The van der Waals surface area contributed by atoms with Gasteiger partial charge in [0.05, 0.1) is 0 Å². The molecule has 0 fully saturated rings. The first-order chi connectivity index (χ1) is 9.66. The van der Waals surface area contributed by atoms with Crippen molar-refractivity contribution < 1.29 is 20.1 Å². The maximum absolute atomic E-state index is 4.33. The average molecular weight is 454 g/mol. The summed E-state index contributed by atoms with van der Waals surface area (Å²) in [7, 11) is 0. The third-order valence-electron chi connectivity index (χ3n) is 3.51. The van der Waals surface area contributed by atoms with Crippen LogP contribution < -0.4 is 0 Å². The van der Waals surface area contributed by atoms with Crippen LogP contribution in [0.3, 0.4) is 0 Å². The quantitative estimate of drug-likeness (QED) is 0.530. The largest absolute Gasteiger partial charge is 0.265 e. The second-order valence-corrected chi connectivity index (χ2v) is 5.16. The summed E-state index contributed by atoms with van der Waals surface area (Å²) in [6.45, 7) is 6.46. The summed E-state index contributed by atoms with van der Waals surface area (Å²) in [6, 6.07) is 15.8. The molecular weight excluding hydrogens is 436 g/mol. The van der Waals surface area contributed by atoms with E-state index in [1.807, 2.05) is 29.1 Å². The van der Waals surface area contributed by atoms with E-state index in [9.17, 15) is 0 Å². The van der Waals surface area contributed by atoms with Gasteiger partial charge in [0.2, 0.25) is 0 Å². The van der Waals surface area contributed by atoms with Gasteiger partial charge in [0.15, 0.2) is 0 Å². The zero-order chi connectivity index (χ0) is 14.1. The Balaban J connectivity index is 0.00000161. The molecule has 0 spiro atoms. The van der Waals surface area contributed by atoms with Gasteiger partial charge in [-0.3, -0.25) is 4.68 Å². The van der Waals surface area contributed by atoms with Crippen LogP contribution in [0.2, 0.25) is 0 Å². The topological polar surface area (TPSA) is 17.8 Å². The van der Waals surface area contributed by atoms with Crippen molar-refractivity contribution in [2.24, 2.45) is 0 Å². The monoisotopic (exact) mass is 454 g/mol. The first-order valence-corrected chi connectivity index (χ1v) is 6.76. The minimum atomic E-state index is 0. The van der Waals surface area contributed by atoms with E-state index >= 15 is 0 Å². The van der Waals surface area contributed by atoms with Gasteiger partial charge in [-0.15, -0.1) is 5.56 Å². The van der Waals surface area contributed by atoms with Crippen LogP contribution in [-0.4, -0.2) is 9.78 Å². The van der Waals surface area contributed by atoms with Gasteiger partial charge in [-0.25, -0.2) is 0 Å². The molecule has 0 aliphatic carbocycles. The molecule has 3 rings (SSSR count). The van der Waals surface area contributed by atoms with E-state index in [1.54, 1.807) is 6.20 Å². The molecule has 1 heterocycles. The Kier molecular flexibility index (Phi) is 4.76. The number of aromatic nitrogens is 2. The predicted octanol–water partition coefficient (Wildman–Crippen LogP) is 4.26. The number of hydrogen-bond acceptors (Lipinski definition) is 1. The fourth-order valence-electron chi connectivity index (χ4n) is 2.83. The molecule has 0 amide bonds. The molecule has 3 aromatic rings. The van der Waals surface area contributed by atoms with Gasteiger partial charge in [0, 0.05) is 32.5 Å². The van der Waals surface area contributed by atoms with Crippen molar-refractivity contribution in [2.75, 3.05) is 0 Å². The summed E-state index contributed by atoms with van der Waals surface area (Å²) in [5.74, 6) is 0. The molecule has 109 valence electrons. The van der Waals surface area contributed by atoms with E-state index in [1.165, 1.54) is 27.8 Å². The summed E-state index contributed by atoms with van der Waals surface area (Å²) < 4.78 is 1.87. The van der Waals surface area contributed by atoms with E-state index in [0.29, 0.717) is 0 Å². The molecule has 0 N–H and O–H groups in total. The van der Waals surface area contributed by atoms with Gasteiger partial charge in [0.25, 0.3) is 0 Å². The Hall–Kier alpha value is -1.70. The van der Waals surface area contributed by atoms with E-state index in [2.05, 4.69) is 50.1 Å². The van der Waals surface area contributed by atoms with Gasteiger partial charge < -0.3 is 0 Å². The van der Waals surface area contributed by atoms with Crippen LogP contribution in [0.25, 0.3) is 16.8 Å². The second kappa shape index (κ2) is 6.38. The number of aryl methyl sites for hydroxylation is 3. The summed E-state index contributed by atoms with van der Waals surface area (Å²) >= 11 is 0. The molecule has 0 bridgehead atoms. The van der Waals surface area contributed by atoms with Crippen LogP contribution in [0.5, 0.6) is 0 Å². The smallest absolute Gasteiger partial charge is 0.0493 e. The fraction of sp³-hybridized carbons (Fsp3) is 0.167. The summed E-state index contributed by atoms with van der Waals surface area (Å²) in [6.07, 6.45) is 3.74. The molecule has 0 saturated heterocycles. The number of hydrogen-bond donors (Lipinski definition) is 0. The molecule has 0 saturated carbocycles. The average Bonchev–Trinajstić information content (AvgIpc) is 2.92. The maximum Gasteiger partial charge on any atom is 0.0493 e. The number of nitrogens with zero attached hydrogens (tertiary/aromatic N) is 2. The normalized spacial score (nSPS) is 10.2. The zero-order valence-electron chi connectivity index (χ0n) is 12.3. The summed E-state index contributed by atoms with van der Waals surface area (Å²) in [4.78, 5) is 0. The SMILES string of the molecule is Cc1cc(C)c(-c2ccc[c-]c2-n2cccn2)c(C)c1.[Ir]. The first-order valence-electron chi connectivity index (χ1n) is 6.76. The van der Waals surface area contributed by atoms with Crippen molar-refractivity contribution in [3.05, 3.63) is 71.5 Å². The Morgan fingerprint density at radius 1 is 1.05 bits per heavy atom. The molecule has 1 aromatic heterocycles. The zero-order valence-corrected chi connectivity index (χ0v) is 14.7. The summed E-state index contributed by atoms with van der Waals surface area (Å²) in [5, 5.41) is 4.33. The third kappa shape index (κ3) is 2.99. The van der Waals surface area contributed by atoms with Crippen LogP contribution in [0, 0.1) is 26.8 Å². The molecule has 0 unspecified atom stereocenters. The van der Waals surface area contributed by atoms with Crippen LogP contribution in [-0.2, 0) is 20.1 Å². The summed E-state index contributed by atoms with van der Waals surface area (Å²) in [5.41, 5.74) is 7.31. The van der Waals surface area contributed by atoms with Crippen LogP contribution in [0.4, 0.5) is 0 Å². The molecule has 2 aromatic carbocycles. The van der Waals surface area contributed by atoms with Crippen LogP contribution in [0.15, 0.2) is 48.8 Å². The minimum Gasteiger partial charge on any atom is -0.265 e. The minimum absolute atomic E-state index is 0. The third-order valence-corrected chi connectivity index (χ3v) is 3.51. The van der Waals surface area contributed by atoms with Crippen LogP contribution in [0.1, 0.15) is 16.7 Å². The maximum atomic E-state index is 4.33. The van der Waals surface area contributed by atoms with Gasteiger partial charge in [-0.05, 0) is 32.5 Å². The Labute approximate surface area is 139 Å². The Morgan fingerprint density at radius 2 is 1.76 bits per heavy atom. The second-order valence-electron chi connectivity index (χ2n) is 5.16. The van der Waals surface area contributed by atoms with Crippen molar-refractivity contribution in [2.45, 2.75) is 20.8 Å². The molecule has 0 aliphatic rings. The molecule has 3 heteroatoms. The van der Waals surface area contributed by atoms with Crippen molar-refractivity contribution >= 4 is 0 Å². The van der Waals surface area contributed by atoms with Gasteiger partial charge in [-0.1, -0.05) is 34.4 Å². The molecular formula is C18H17IrN2-. The Morgan fingerprint density at radius 3 is 2.38 bits per heavy atom. The molecule has 21 heavy (non-hydrogen) atoms. The molecule has 1 radical (unpaired) electrons. The van der Waals surface area contributed by atoms with Crippen molar-refractivity contribution in [3.8, 4) is 16.8 Å². The van der Waals surface area contributed by atoms with Gasteiger partial charge in [-0.2, -0.15) is 29.4 Å². The fourth-order valence-corrected chi connectivity index (χ4v) is 2.83. The van der Waals surface area contributed by atoms with Gasteiger partial charge >= 0.3 is 0 Å². The van der Waals surface area contributed by atoms with E-state index in [4.69, 9.17) is 0 Å². The molecule has 2 nitrogen and oxygen atoms in total. The standard InChI is InChI=1S/C18H17N2.Ir/c1-13-11-14(2)18(15(3)12-13)16-7-4-5-8-17(16)20-10-6-9-19-20;/h4-7,9-12H,1-3H3;/q-1;. The molecule has 0 aliphatic heterocycles. The van der Waals surface area contributed by atoms with E-state index < -0.39 is 0 Å². The predicted molar refractivity (Wildman–Crippen MR) is 82.0 cm³/mol.